The third-order valence-corrected chi connectivity index (χ3v) is 5.30. The van der Waals surface area contributed by atoms with Crippen LogP contribution in [0.15, 0.2) is 0 Å². The van der Waals surface area contributed by atoms with Crippen LogP contribution >= 0.6 is 0 Å². The molecule has 0 radical (unpaired) electrons. The summed E-state index contributed by atoms with van der Waals surface area (Å²) < 4.78 is 0. The minimum atomic E-state index is 0.212. The molecule has 0 aromatic carbocycles. The lowest BCUT2D eigenvalue weighted by Gasteiger charge is -2.33. The van der Waals surface area contributed by atoms with Crippen LogP contribution in [0.1, 0.15) is 51.4 Å². The van der Waals surface area contributed by atoms with Crippen LogP contribution in [0.25, 0.3) is 0 Å². The van der Waals surface area contributed by atoms with E-state index in [4.69, 9.17) is 5.73 Å². The fourth-order valence-corrected chi connectivity index (χ4v) is 3.61. The maximum Gasteiger partial charge on any atom is 0.223 e. The van der Waals surface area contributed by atoms with Gasteiger partial charge in [0.25, 0.3) is 0 Å². The molecule has 2 saturated carbocycles. The number of rotatable bonds is 4. The van der Waals surface area contributed by atoms with Crippen LogP contribution < -0.4 is 11.1 Å². The zero-order chi connectivity index (χ0) is 14.8. The molecule has 2 atom stereocenters. The van der Waals surface area contributed by atoms with Crippen molar-refractivity contribution in [3.05, 3.63) is 0 Å². The number of carbonyl (C=O) groups is 2. The van der Waals surface area contributed by atoms with E-state index < -0.39 is 0 Å². The lowest BCUT2D eigenvalue weighted by molar-refractivity contribution is -0.133. The zero-order valence-corrected chi connectivity index (χ0v) is 12.7. The van der Waals surface area contributed by atoms with Gasteiger partial charge in [-0.25, -0.2) is 0 Å². The van der Waals surface area contributed by atoms with Crippen molar-refractivity contribution in [3.63, 3.8) is 0 Å². The van der Waals surface area contributed by atoms with Crippen molar-refractivity contribution in [2.45, 2.75) is 63.5 Å². The topological polar surface area (TPSA) is 75.4 Å². The van der Waals surface area contributed by atoms with Crippen LogP contribution in [0.5, 0.6) is 0 Å². The minimum Gasteiger partial charge on any atom is -0.353 e. The van der Waals surface area contributed by atoms with Crippen LogP contribution in [-0.2, 0) is 9.59 Å². The Hall–Kier alpha value is -1.10. The molecular formula is C16H27N3O2. The summed E-state index contributed by atoms with van der Waals surface area (Å²) >= 11 is 0. The number of piperidine rings is 1. The highest BCUT2D eigenvalue weighted by Crippen LogP contribution is 2.30. The smallest absolute Gasteiger partial charge is 0.223 e. The van der Waals surface area contributed by atoms with Crippen molar-refractivity contribution >= 4 is 11.8 Å². The zero-order valence-electron chi connectivity index (χ0n) is 12.7. The van der Waals surface area contributed by atoms with Gasteiger partial charge < -0.3 is 16.0 Å². The fourth-order valence-electron chi connectivity index (χ4n) is 3.61. The second-order valence-electron chi connectivity index (χ2n) is 7.00. The lowest BCUT2D eigenvalue weighted by Crippen LogP contribution is -2.47. The Balaban J connectivity index is 1.40. The summed E-state index contributed by atoms with van der Waals surface area (Å²) in [7, 11) is 0. The largest absolute Gasteiger partial charge is 0.353 e. The summed E-state index contributed by atoms with van der Waals surface area (Å²) in [5, 5.41) is 3.12. The third kappa shape index (κ3) is 3.76. The Bertz CT molecular complexity index is 400. The first-order chi connectivity index (χ1) is 10.1. The quantitative estimate of drug-likeness (QED) is 0.812. The Morgan fingerprint density at radius 1 is 1.05 bits per heavy atom. The molecule has 0 unspecified atom stereocenters. The van der Waals surface area contributed by atoms with E-state index in [-0.39, 0.29) is 29.8 Å². The third-order valence-electron chi connectivity index (χ3n) is 5.30. The molecule has 0 spiro atoms. The summed E-state index contributed by atoms with van der Waals surface area (Å²) in [5.74, 6) is 1.12. The predicted octanol–water partition coefficient (Wildman–Crippen LogP) is 1.02. The van der Waals surface area contributed by atoms with Crippen LogP contribution in [0.2, 0.25) is 0 Å². The molecule has 2 amide bonds. The number of nitrogens with two attached hydrogens (primary N) is 1. The Morgan fingerprint density at radius 2 is 1.76 bits per heavy atom. The number of likely N-dealkylation sites (tertiary alicyclic amines) is 1. The number of carbonyl (C=O) groups excluding carboxylic acids is 2. The molecule has 5 nitrogen and oxygen atoms in total. The molecule has 3 fully saturated rings. The normalized spacial score (nSPS) is 30.4. The van der Waals surface area contributed by atoms with Crippen molar-refractivity contribution in [1.82, 2.24) is 10.2 Å². The molecule has 3 rings (SSSR count). The van der Waals surface area contributed by atoms with Gasteiger partial charge in [-0.3, -0.25) is 9.59 Å². The number of hydrogen-bond acceptors (Lipinski definition) is 3. The molecule has 0 aromatic heterocycles. The number of nitrogens with zero attached hydrogens (tertiary/aromatic N) is 1. The number of hydrogen-bond donors (Lipinski definition) is 2. The van der Waals surface area contributed by atoms with Gasteiger partial charge in [-0.05, 0) is 44.4 Å². The van der Waals surface area contributed by atoms with E-state index in [1.54, 1.807) is 0 Å². The average Bonchev–Trinajstić information content (AvgIpc) is 3.25. The molecule has 1 saturated heterocycles. The van der Waals surface area contributed by atoms with Gasteiger partial charge in [-0.2, -0.15) is 0 Å². The molecule has 21 heavy (non-hydrogen) atoms. The van der Waals surface area contributed by atoms with Gasteiger partial charge >= 0.3 is 0 Å². The summed E-state index contributed by atoms with van der Waals surface area (Å²) in [5.41, 5.74) is 6.05. The maximum atomic E-state index is 12.3. The van der Waals surface area contributed by atoms with Gasteiger partial charge in [-0.1, -0.05) is 6.42 Å². The minimum absolute atomic E-state index is 0.212. The van der Waals surface area contributed by atoms with Crippen LogP contribution in [-0.4, -0.2) is 41.9 Å². The van der Waals surface area contributed by atoms with E-state index in [9.17, 15) is 9.59 Å². The van der Waals surface area contributed by atoms with Gasteiger partial charge in [0.1, 0.15) is 0 Å². The molecule has 118 valence electrons. The molecule has 3 aliphatic rings. The van der Waals surface area contributed by atoms with Crippen LogP contribution in [0, 0.1) is 11.8 Å². The first kappa shape index (κ1) is 14.8. The standard InChI is InChI=1S/C16H27N3O2/c17-14-3-1-2-12(14)10-15(20)19-8-6-13(7-9-19)18-16(21)11-4-5-11/h11-14H,1-10,17H2,(H,18,21)/t12-,14+/m0/s1. The second-order valence-corrected chi connectivity index (χ2v) is 7.00. The van der Waals surface area contributed by atoms with Crippen molar-refractivity contribution in [2.24, 2.45) is 17.6 Å². The fraction of sp³-hybridized carbons (Fsp3) is 0.875. The van der Waals surface area contributed by atoms with Gasteiger partial charge in [-0.15, -0.1) is 0 Å². The van der Waals surface area contributed by atoms with Crippen LogP contribution in [0.3, 0.4) is 0 Å². The van der Waals surface area contributed by atoms with Crippen molar-refractivity contribution < 1.29 is 9.59 Å². The summed E-state index contributed by atoms with van der Waals surface area (Å²) in [4.78, 5) is 26.0. The molecule has 1 heterocycles. The van der Waals surface area contributed by atoms with E-state index >= 15 is 0 Å². The molecule has 1 aliphatic heterocycles. The Kier molecular flexibility index (Phi) is 4.48. The van der Waals surface area contributed by atoms with E-state index in [1.807, 2.05) is 4.90 Å². The summed E-state index contributed by atoms with van der Waals surface area (Å²) in [6.07, 6.45) is 7.81. The lowest BCUT2D eigenvalue weighted by atomic mass is 9.98. The van der Waals surface area contributed by atoms with E-state index in [0.717, 1.165) is 58.0 Å². The van der Waals surface area contributed by atoms with E-state index in [1.165, 1.54) is 0 Å². The Labute approximate surface area is 126 Å². The summed E-state index contributed by atoms with van der Waals surface area (Å²) in [6, 6.07) is 0.472. The van der Waals surface area contributed by atoms with Crippen molar-refractivity contribution in [1.29, 1.82) is 0 Å². The Morgan fingerprint density at radius 3 is 2.33 bits per heavy atom. The van der Waals surface area contributed by atoms with E-state index in [0.29, 0.717) is 12.3 Å². The summed E-state index contributed by atoms with van der Waals surface area (Å²) in [6.45, 7) is 1.55. The van der Waals surface area contributed by atoms with Gasteiger partial charge in [0.15, 0.2) is 0 Å². The SMILES string of the molecule is N[C@@H]1CCC[C@H]1CC(=O)N1CCC(NC(=O)C2CC2)CC1. The highest BCUT2D eigenvalue weighted by atomic mass is 16.2. The molecule has 3 N–H and O–H groups in total. The molecule has 2 aliphatic carbocycles. The van der Waals surface area contributed by atoms with Gasteiger partial charge in [0, 0.05) is 37.5 Å². The van der Waals surface area contributed by atoms with Crippen molar-refractivity contribution in [2.75, 3.05) is 13.1 Å². The van der Waals surface area contributed by atoms with Crippen molar-refractivity contribution in [3.8, 4) is 0 Å². The highest BCUT2D eigenvalue weighted by molar-refractivity contribution is 5.81. The molecule has 0 aromatic rings. The van der Waals surface area contributed by atoms with Gasteiger partial charge in [0.05, 0.1) is 0 Å². The monoisotopic (exact) mass is 293 g/mol. The first-order valence-electron chi connectivity index (χ1n) is 8.47. The maximum absolute atomic E-state index is 12.3. The number of amides is 2. The molecular weight excluding hydrogens is 266 g/mol. The highest BCUT2D eigenvalue weighted by Gasteiger charge is 2.33. The van der Waals surface area contributed by atoms with Crippen LogP contribution in [0.4, 0.5) is 0 Å². The second kappa shape index (κ2) is 6.34. The average molecular weight is 293 g/mol. The van der Waals surface area contributed by atoms with Gasteiger partial charge in [0.2, 0.25) is 11.8 Å². The first-order valence-corrected chi connectivity index (χ1v) is 8.47. The van der Waals surface area contributed by atoms with E-state index in [2.05, 4.69) is 5.32 Å². The number of nitrogens with one attached hydrogen (secondary N) is 1. The molecule has 5 heteroatoms. The molecule has 0 bridgehead atoms. The predicted molar refractivity (Wildman–Crippen MR) is 80.4 cm³/mol.